The van der Waals surface area contributed by atoms with Crippen LogP contribution in [0.5, 0.6) is 5.75 Å². The molecule has 1 atom stereocenters. The Morgan fingerprint density at radius 3 is 2.67 bits per heavy atom. The number of benzene rings is 1. The topological polar surface area (TPSA) is 76.5 Å². The molecule has 2 rings (SSSR count). The van der Waals surface area contributed by atoms with Crippen molar-refractivity contribution >= 4 is 27.7 Å². The SMILES string of the molecule is COc1ccc2nc(S(C)=O)cc(C(=O)O)c2c1. The molecule has 2 aromatic rings. The standard InChI is InChI=1S/C12H11NO4S/c1-17-7-3-4-10-8(5-7)9(12(14)15)6-11(13-10)18(2)16/h3-6H,1-2H3,(H,14,15). The number of carbonyl (C=O) groups is 1. The third-order valence-corrected chi connectivity index (χ3v) is 3.32. The number of aromatic carboxylic acids is 1. The number of rotatable bonds is 3. The van der Waals surface area contributed by atoms with E-state index in [0.717, 1.165) is 0 Å². The number of fused-ring (bicyclic) bond motifs is 1. The van der Waals surface area contributed by atoms with Crippen LogP contribution in [0.2, 0.25) is 0 Å². The van der Waals surface area contributed by atoms with Gasteiger partial charge in [-0.3, -0.25) is 4.21 Å². The molecule has 0 amide bonds. The summed E-state index contributed by atoms with van der Waals surface area (Å²) in [4.78, 5) is 15.4. The van der Waals surface area contributed by atoms with Gasteiger partial charge in [0.25, 0.3) is 0 Å². The summed E-state index contributed by atoms with van der Waals surface area (Å²) < 4.78 is 16.5. The molecule has 0 aliphatic rings. The van der Waals surface area contributed by atoms with Gasteiger partial charge in [-0.15, -0.1) is 0 Å². The Balaban J connectivity index is 2.81. The third kappa shape index (κ3) is 2.19. The lowest BCUT2D eigenvalue weighted by Gasteiger charge is -2.07. The lowest BCUT2D eigenvalue weighted by atomic mass is 10.1. The van der Waals surface area contributed by atoms with Crippen LogP contribution in [0.3, 0.4) is 0 Å². The Labute approximate surface area is 106 Å². The summed E-state index contributed by atoms with van der Waals surface area (Å²) in [6.07, 6.45) is 1.46. The molecule has 0 aliphatic heterocycles. The van der Waals surface area contributed by atoms with E-state index in [1.54, 1.807) is 18.2 Å². The molecule has 1 unspecified atom stereocenters. The van der Waals surface area contributed by atoms with Crippen LogP contribution in [0.1, 0.15) is 10.4 Å². The Kier molecular flexibility index (Phi) is 3.29. The average molecular weight is 265 g/mol. The van der Waals surface area contributed by atoms with Crippen molar-refractivity contribution in [1.82, 2.24) is 4.98 Å². The van der Waals surface area contributed by atoms with Gasteiger partial charge in [-0.1, -0.05) is 0 Å². The van der Waals surface area contributed by atoms with Gasteiger partial charge in [0.1, 0.15) is 10.8 Å². The van der Waals surface area contributed by atoms with Crippen LogP contribution in [0.15, 0.2) is 29.3 Å². The zero-order valence-electron chi connectivity index (χ0n) is 9.84. The maximum atomic E-state index is 11.4. The lowest BCUT2D eigenvalue weighted by Crippen LogP contribution is -2.03. The first-order chi connectivity index (χ1) is 8.52. The Morgan fingerprint density at radius 2 is 2.11 bits per heavy atom. The molecule has 0 spiro atoms. The smallest absolute Gasteiger partial charge is 0.336 e. The summed E-state index contributed by atoms with van der Waals surface area (Å²) in [5.41, 5.74) is 0.560. The molecule has 5 nitrogen and oxygen atoms in total. The van der Waals surface area contributed by atoms with Crippen LogP contribution in [0.4, 0.5) is 0 Å². The number of methoxy groups -OCH3 is 1. The monoisotopic (exact) mass is 265 g/mol. The zero-order valence-corrected chi connectivity index (χ0v) is 10.7. The minimum atomic E-state index is -1.32. The number of carboxylic acids is 1. The van der Waals surface area contributed by atoms with E-state index in [-0.39, 0.29) is 10.6 Å². The number of hydrogen-bond acceptors (Lipinski definition) is 4. The molecule has 1 heterocycles. The summed E-state index contributed by atoms with van der Waals surface area (Å²) in [6, 6.07) is 6.27. The highest BCUT2D eigenvalue weighted by atomic mass is 32.2. The Morgan fingerprint density at radius 1 is 1.39 bits per heavy atom. The molecule has 0 saturated carbocycles. The molecule has 6 heteroatoms. The van der Waals surface area contributed by atoms with Gasteiger partial charge in [-0.05, 0) is 24.3 Å². The molecular weight excluding hydrogens is 254 g/mol. The van der Waals surface area contributed by atoms with Gasteiger partial charge < -0.3 is 9.84 Å². The quantitative estimate of drug-likeness (QED) is 0.913. The molecule has 1 N–H and O–H groups in total. The summed E-state index contributed by atoms with van der Waals surface area (Å²) in [5.74, 6) is -0.528. The highest BCUT2D eigenvalue weighted by Gasteiger charge is 2.14. The Bertz CT molecular complexity index is 654. The Hall–Kier alpha value is -1.95. The second-order valence-corrected chi connectivity index (χ2v) is 4.98. The van der Waals surface area contributed by atoms with Gasteiger partial charge >= 0.3 is 5.97 Å². The van der Waals surface area contributed by atoms with Gasteiger partial charge in [-0.2, -0.15) is 0 Å². The van der Waals surface area contributed by atoms with E-state index in [9.17, 15) is 14.1 Å². The summed E-state index contributed by atoms with van der Waals surface area (Å²) >= 11 is 0. The van der Waals surface area contributed by atoms with E-state index in [1.165, 1.54) is 19.4 Å². The number of carboxylic acid groups (broad SMARTS) is 1. The van der Waals surface area contributed by atoms with Gasteiger partial charge in [0, 0.05) is 11.6 Å². The van der Waals surface area contributed by atoms with Crippen molar-refractivity contribution in [2.75, 3.05) is 13.4 Å². The predicted octanol–water partition coefficient (Wildman–Crippen LogP) is 1.68. The van der Waals surface area contributed by atoms with Crippen molar-refractivity contribution in [3.8, 4) is 5.75 Å². The number of nitrogens with zero attached hydrogens (tertiary/aromatic N) is 1. The lowest BCUT2D eigenvalue weighted by molar-refractivity contribution is 0.0698. The maximum absolute atomic E-state index is 11.4. The van der Waals surface area contributed by atoms with Crippen molar-refractivity contribution in [3.05, 3.63) is 29.8 Å². The van der Waals surface area contributed by atoms with Gasteiger partial charge in [0.2, 0.25) is 0 Å². The molecule has 0 radical (unpaired) electrons. The van der Waals surface area contributed by atoms with Crippen molar-refractivity contribution in [2.24, 2.45) is 0 Å². The molecule has 0 saturated heterocycles. The van der Waals surface area contributed by atoms with E-state index in [0.29, 0.717) is 16.7 Å². The highest BCUT2D eigenvalue weighted by molar-refractivity contribution is 7.84. The predicted molar refractivity (Wildman–Crippen MR) is 67.6 cm³/mol. The van der Waals surface area contributed by atoms with E-state index in [2.05, 4.69) is 4.98 Å². The van der Waals surface area contributed by atoms with E-state index < -0.39 is 16.8 Å². The maximum Gasteiger partial charge on any atom is 0.336 e. The largest absolute Gasteiger partial charge is 0.497 e. The van der Waals surface area contributed by atoms with Crippen molar-refractivity contribution in [2.45, 2.75) is 5.03 Å². The normalized spacial score (nSPS) is 12.3. The first-order valence-electron chi connectivity index (χ1n) is 5.08. The molecule has 94 valence electrons. The minimum absolute atomic E-state index is 0.0732. The van der Waals surface area contributed by atoms with Gasteiger partial charge in [-0.25, -0.2) is 9.78 Å². The summed E-state index contributed by atoms with van der Waals surface area (Å²) in [7, 11) is 0.180. The first-order valence-corrected chi connectivity index (χ1v) is 6.64. The number of hydrogen-bond donors (Lipinski definition) is 1. The first kappa shape index (κ1) is 12.5. The van der Waals surface area contributed by atoms with Crippen molar-refractivity contribution in [3.63, 3.8) is 0 Å². The average Bonchev–Trinajstić information content (AvgIpc) is 2.36. The number of pyridine rings is 1. The second-order valence-electron chi connectivity index (χ2n) is 3.65. The van der Waals surface area contributed by atoms with Crippen LogP contribution in [-0.4, -0.2) is 33.6 Å². The van der Waals surface area contributed by atoms with Crippen LogP contribution >= 0.6 is 0 Å². The molecule has 1 aromatic carbocycles. The molecular formula is C12H11NO4S. The van der Waals surface area contributed by atoms with E-state index in [1.807, 2.05) is 0 Å². The molecule has 0 fully saturated rings. The van der Waals surface area contributed by atoms with Gasteiger partial charge in [0.05, 0.1) is 29.0 Å². The van der Waals surface area contributed by atoms with Crippen LogP contribution in [0.25, 0.3) is 10.9 Å². The van der Waals surface area contributed by atoms with E-state index >= 15 is 0 Å². The molecule has 1 aromatic heterocycles. The second kappa shape index (κ2) is 4.73. The fourth-order valence-electron chi connectivity index (χ4n) is 1.63. The van der Waals surface area contributed by atoms with Crippen LogP contribution in [-0.2, 0) is 10.8 Å². The summed E-state index contributed by atoms with van der Waals surface area (Å²) in [6.45, 7) is 0. The van der Waals surface area contributed by atoms with Crippen LogP contribution < -0.4 is 4.74 Å². The van der Waals surface area contributed by atoms with Crippen molar-refractivity contribution in [1.29, 1.82) is 0 Å². The van der Waals surface area contributed by atoms with Gasteiger partial charge in [0.15, 0.2) is 0 Å². The van der Waals surface area contributed by atoms with Crippen molar-refractivity contribution < 1.29 is 18.8 Å². The number of ether oxygens (including phenoxy) is 1. The van der Waals surface area contributed by atoms with E-state index in [4.69, 9.17) is 4.74 Å². The fourth-order valence-corrected chi connectivity index (χ4v) is 2.14. The third-order valence-electron chi connectivity index (χ3n) is 2.52. The number of aromatic nitrogens is 1. The van der Waals surface area contributed by atoms with Crippen LogP contribution in [0, 0.1) is 0 Å². The molecule has 18 heavy (non-hydrogen) atoms. The fraction of sp³-hybridized carbons (Fsp3) is 0.167. The minimum Gasteiger partial charge on any atom is -0.497 e. The zero-order chi connectivity index (χ0) is 13.3. The molecule has 0 aliphatic carbocycles. The summed E-state index contributed by atoms with van der Waals surface area (Å²) in [5, 5.41) is 9.91. The highest BCUT2D eigenvalue weighted by Crippen LogP contribution is 2.24. The molecule has 0 bridgehead atoms.